The molecular weight excluding hydrogens is 368 g/mol. The van der Waals surface area contributed by atoms with Gasteiger partial charge in [-0.1, -0.05) is 6.42 Å². The zero-order valence-electron chi connectivity index (χ0n) is 12.0. The summed E-state index contributed by atoms with van der Waals surface area (Å²) in [6.45, 7) is 1.15. The van der Waals surface area contributed by atoms with Crippen LogP contribution in [0.5, 0.6) is 0 Å². The second-order valence-corrected chi connectivity index (χ2v) is 7.85. The lowest BCUT2D eigenvalue weighted by molar-refractivity contribution is -0.122. The molecular formula is C14H17BrN4O2S. The van der Waals surface area contributed by atoms with Crippen molar-refractivity contribution in [3.05, 3.63) is 37.1 Å². The number of halogens is 1. The average Bonchev–Trinajstić information content (AvgIpc) is 2.93. The number of aryl methyl sites for hydroxylation is 1. The summed E-state index contributed by atoms with van der Waals surface area (Å²) in [5, 5.41) is 7.13. The quantitative estimate of drug-likeness (QED) is 0.874. The predicted octanol–water partition coefficient (Wildman–Crippen LogP) is 1.91. The molecule has 0 unspecified atom stereocenters. The fraction of sp³-hybridized carbons (Fsp3) is 0.500. The number of nitrogens with one attached hydrogen (secondary N) is 1. The van der Waals surface area contributed by atoms with Crippen LogP contribution < -0.4 is 11.0 Å². The maximum atomic E-state index is 12.3. The van der Waals surface area contributed by atoms with E-state index in [0.29, 0.717) is 13.1 Å². The molecule has 0 saturated carbocycles. The van der Waals surface area contributed by atoms with Crippen LogP contribution in [0, 0.1) is 0 Å². The zero-order valence-corrected chi connectivity index (χ0v) is 14.5. The molecule has 2 aromatic rings. The first-order valence-corrected chi connectivity index (χ1v) is 8.92. The highest BCUT2D eigenvalue weighted by atomic mass is 79.9. The van der Waals surface area contributed by atoms with Crippen LogP contribution >= 0.6 is 27.3 Å². The summed E-state index contributed by atoms with van der Waals surface area (Å²) in [5.74, 6) is 0.609. The number of thiophene rings is 1. The van der Waals surface area contributed by atoms with Crippen LogP contribution in [0.2, 0.25) is 0 Å². The van der Waals surface area contributed by atoms with E-state index in [9.17, 15) is 9.59 Å². The van der Waals surface area contributed by atoms with Crippen molar-refractivity contribution >= 4 is 33.2 Å². The smallest absolute Gasteiger partial charge is 0.346 e. The maximum absolute atomic E-state index is 12.3. The van der Waals surface area contributed by atoms with E-state index in [1.165, 1.54) is 4.68 Å². The molecule has 0 aliphatic carbocycles. The molecule has 0 radical (unpaired) electrons. The van der Waals surface area contributed by atoms with Crippen molar-refractivity contribution in [2.24, 2.45) is 0 Å². The van der Waals surface area contributed by atoms with Crippen LogP contribution in [-0.2, 0) is 30.8 Å². The Morgan fingerprint density at radius 2 is 2.23 bits per heavy atom. The minimum absolute atomic E-state index is 0.0224. The lowest BCUT2D eigenvalue weighted by Gasteiger charge is -2.03. The van der Waals surface area contributed by atoms with Crippen molar-refractivity contribution in [1.82, 2.24) is 19.7 Å². The molecule has 0 atom stereocenters. The fourth-order valence-corrected chi connectivity index (χ4v) is 3.98. The third-order valence-electron chi connectivity index (χ3n) is 3.66. The van der Waals surface area contributed by atoms with Gasteiger partial charge in [0, 0.05) is 17.8 Å². The topological polar surface area (TPSA) is 68.9 Å². The van der Waals surface area contributed by atoms with Crippen molar-refractivity contribution < 1.29 is 4.79 Å². The van der Waals surface area contributed by atoms with Gasteiger partial charge in [-0.15, -0.1) is 11.3 Å². The SMILES string of the molecule is O=C(Cn1nc2n(c1=O)CCCCC2)NCc1ccc(Br)s1. The molecule has 3 heterocycles. The predicted molar refractivity (Wildman–Crippen MR) is 87.9 cm³/mol. The second kappa shape index (κ2) is 6.78. The highest BCUT2D eigenvalue weighted by molar-refractivity contribution is 9.11. The molecule has 22 heavy (non-hydrogen) atoms. The summed E-state index contributed by atoms with van der Waals surface area (Å²) in [6.07, 6.45) is 3.99. The minimum atomic E-state index is -0.195. The van der Waals surface area contributed by atoms with E-state index in [-0.39, 0.29) is 18.1 Å². The standard InChI is InChI=1S/C14H17BrN4O2S/c15-11-6-5-10(22-11)8-16-13(20)9-19-14(21)18-7-3-1-2-4-12(18)17-19/h5-6H,1-4,7-9H2,(H,16,20). The summed E-state index contributed by atoms with van der Waals surface area (Å²) >= 11 is 4.97. The van der Waals surface area contributed by atoms with Crippen LogP contribution in [0.1, 0.15) is 30.0 Å². The fourth-order valence-electron chi connectivity index (χ4n) is 2.55. The van der Waals surface area contributed by atoms with Crippen molar-refractivity contribution in [3.8, 4) is 0 Å². The van der Waals surface area contributed by atoms with Gasteiger partial charge in [0.05, 0.1) is 10.3 Å². The molecule has 8 heteroatoms. The first kappa shape index (κ1) is 15.5. The zero-order chi connectivity index (χ0) is 15.5. The van der Waals surface area contributed by atoms with Crippen molar-refractivity contribution in [2.75, 3.05) is 0 Å². The third-order valence-corrected chi connectivity index (χ3v) is 5.29. The molecule has 1 N–H and O–H groups in total. The summed E-state index contributed by atoms with van der Waals surface area (Å²) < 4.78 is 4.02. The third kappa shape index (κ3) is 3.49. The van der Waals surface area contributed by atoms with Crippen LogP contribution in [0.15, 0.2) is 20.7 Å². The Morgan fingerprint density at radius 3 is 3.00 bits per heavy atom. The van der Waals surface area contributed by atoms with E-state index >= 15 is 0 Å². The van der Waals surface area contributed by atoms with E-state index in [0.717, 1.165) is 40.2 Å². The molecule has 1 aliphatic heterocycles. The number of fused-ring (bicyclic) bond motifs is 1. The Labute approximate surface area is 140 Å². The molecule has 118 valence electrons. The van der Waals surface area contributed by atoms with Gasteiger partial charge in [-0.3, -0.25) is 9.36 Å². The number of hydrogen-bond donors (Lipinski definition) is 1. The van der Waals surface area contributed by atoms with E-state index < -0.39 is 0 Å². The molecule has 0 spiro atoms. The molecule has 1 aliphatic rings. The summed E-state index contributed by atoms with van der Waals surface area (Å²) in [4.78, 5) is 25.3. The van der Waals surface area contributed by atoms with Gasteiger partial charge in [0.1, 0.15) is 12.4 Å². The Kier molecular flexibility index (Phi) is 4.77. The highest BCUT2D eigenvalue weighted by Crippen LogP contribution is 2.21. The number of rotatable bonds is 4. The van der Waals surface area contributed by atoms with E-state index in [1.54, 1.807) is 15.9 Å². The number of carbonyl (C=O) groups is 1. The lowest BCUT2D eigenvalue weighted by atomic mass is 10.2. The highest BCUT2D eigenvalue weighted by Gasteiger charge is 2.17. The number of nitrogens with zero attached hydrogens (tertiary/aromatic N) is 3. The van der Waals surface area contributed by atoms with Gasteiger partial charge in [0.25, 0.3) is 0 Å². The molecule has 2 aromatic heterocycles. The van der Waals surface area contributed by atoms with Crippen molar-refractivity contribution in [1.29, 1.82) is 0 Å². The normalized spacial score (nSPS) is 14.4. The monoisotopic (exact) mass is 384 g/mol. The first-order valence-electron chi connectivity index (χ1n) is 7.31. The number of aromatic nitrogens is 3. The van der Waals surface area contributed by atoms with Gasteiger partial charge in [-0.05, 0) is 40.9 Å². The molecule has 0 saturated heterocycles. The van der Waals surface area contributed by atoms with Crippen molar-refractivity contribution in [2.45, 2.75) is 45.3 Å². The molecule has 0 aromatic carbocycles. The first-order chi connectivity index (χ1) is 10.6. The lowest BCUT2D eigenvalue weighted by Crippen LogP contribution is -2.33. The van der Waals surface area contributed by atoms with Gasteiger partial charge in [0.2, 0.25) is 5.91 Å². The molecule has 1 amide bonds. The van der Waals surface area contributed by atoms with E-state index in [1.807, 2.05) is 12.1 Å². The number of amides is 1. The molecule has 0 fully saturated rings. The maximum Gasteiger partial charge on any atom is 0.346 e. The second-order valence-electron chi connectivity index (χ2n) is 5.30. The molecule has 3 rings (SSSR count). The van der Waals surface area contributed by atoms with Crippen molar-refractivity contribution in [3.63, 3.8) is 0 Å². The van der Waals surface area contributed by atoms with E-state index in [4.69, 9.17) is 0 Å². The average molecular weight is 385 g/mol. The van der Waals surface area contributed by atoms with Crippen LogP contribution in [0.3, 0.4) is 0 Å². The van der Waals surface area contributed by atoms with Gasteiger partial charge >= 0.3 is 5.69 Å². The van der Waals surface area contributed by atoms with Gasteiger partial charge < -0.3 is 5.32 Å². The van der Waals surface area contributed by atoms with Crippen LogP contribution in [-0.4, -0.2) is 20.3 Å². The Balaban J connectivity index is 1.63. The molecule has 6 nitrogen and oxygen atoms in total. The Bertz CT molecular complexity index is 734. The Hall–Kier alpha value is -1.41. The molecule has 0 bridgehead atoms. The summed E-state index contributed by atoms with van der Waals surface area (Å²) in [5.41, 5.74) is -0.175. The largest absolute Gasteiger partial charge is 0.350 e. The van der Waals surface area contributed by atoms with Crippen LogP contribution in [0.4, 0.5) is 0 Å². The minimum Gasteiger partial charge on any atom is -0.350 e. The van der Waals surface area contributed by atoms with Gasteiger partial charge in [0.15, 0.2) is 0 Å². The Morgan fingerprint density at radius 1 is 1.36 bits per heavy atom. The summed E-state index contributed by atoms with van der Waals surface area (Å²) in [7, 11) is 0. The van der Waals surface area contributed by atoms with E-state index in [2.05, 4.69) is 26.3 Å². The van der Waals surface area contributed by atoms with Crippen LogP contribution in [0.25, 0.3) is 0 Å². The number of carbonyl (C=O) groups excluding carboxylic acids is 1. The van der Waals surface area contributed by atoms with Gasteiger partial charge in [-0.2, -0.15) is 5.10 Å². The number of hydrogen-bond acceptors (Lipinski definition) is 4. The summed E-state index contributed by atoms with van der Waals surface area (Å²) in [6, 6.07) is 3.91. The van der Waals surface area contributed by atoms with Gasteiger partial charge in [-0.25, -0.2) is 9.48 Å².